The molecule has 0 saturated carbocycles. The Morgan fingerprint density at radius 3 is 2.40 bits per heavy atom. The van der Waals surface area contributed by atoms with Crippen LogP contribution >= 0.6 is 23.2 Å². The van der Waals surface area contributed by atoms with Gasteiger partial charge in [0, 0.05) is 16.7 Å². The summed E-state index contributed by atoms with van der Waals surface area (Å²) in [6.45, 7) is 2.05. The standard InChI is InChI=1S/C13H9Cl2/c1-9-2-4-10(5-3-9)12-8-11(14)6-7-13(12)15/h2-6,8H,1H3. The monoisotopic (exact) mass is 235 g/mol. The summed E-state index contributed by atoms with van der Waals surface area (Å²) in [4.78, 5) is 0. The van der Waals surface area contributed by atoms with Crippen LogP contribution in [-0.2, 0) is 0 Å². The van der Waals surface area contributed by atoms with Crippen LogP contribution in [0, 0.1) is 13.0 Å². The van der Waals surface area contributed by atoms with Crippen LogP contribution < -0.4 is 0 Å². The minimum Gasteiger partial charge on any atom is -0.0843 e. The molecule has 0 aliphatic rings. The molecule has 0 nitrogen and oxygen atoms in total. The molecule has 2 aromatic carbocycles. The van der Waals surface area contributed by atoms with Crippen molar-refractivity contribution in [2.45, 2.75) is 6.92 Å². The van der Waals surface area contributed by atoms with E-state index in [1.165, 1.54) is 5.56 Å². The Morgan fingerprint density at radius 1 is 1.07 bits per heavy atom. The average Bonchev–Trinajstić information content (AvgIpc) is 2.23. The van der Waals surface area contributed by atoms with Crippen LogP contribution in [0.3, 0.4) is 0 Å². The molecule has 2 aromatic rings. The summed E-state index contributed by atoms with van der Waals surface area (Å²) < 4.78 is 0. The van der Waals surface area contributed by atoms with Crippen LogP contribution in [0.4, 0.5) is 0 Å². The van der Waals surface area contributed by atoms with Crippen LogP contribution in [0.2, 0.25) is 10.0 Å². The van der Waals surface area contributed by atoms with Crippen LogP contribution in [0.25, 0.3) is 11.1 Å². The van der Waals surface area contributed by atoms with Gasteiger partial charge in [-0.15, -0.1) is 0 Å². The van der Waals surface area contributed by atoms with Gasteiger partial charge in [-0.05, 0) is 24.6 Å². The minimum atomic E-state index is 0.600. The molecule has 0 saturated heterocycles. The first-order valence-corrected chi connectivity index (χ1v) is 5.36. The fourth-order valence-corrected chi connectivity index (χ4v) is 1.78. The van der Waals surface area contributed by atoms with Crippen LogP contribution in [0.5, 0.6) is 0 Å². The van der Waals surface area contributed by atoms with Crippen molar-refractivity contribution in [3.8, 4) is 11.1 Å². The lowest BCUT2D eigenvalue weighted by atomic mass is 10.0. The maximum absolute atomic E-state index is 6.06. The first-order valence-electron chi connectivity index (χ1n) is 4.60. The Labute approximate surface area is 99.5 Å². The van der Waals surface area contributed by atoms with Gasteiger partial charge in [0.15, 0.2) is 0 Å². The number of halogens is 2. The van der Waals surface area contributed by atoms with Crippen LogP contribution in [0.15, 0.2) is 36.4 Å². The normalized spacial score (nSPS) is 10.3. The van der Waals surface area contributed by atoms with Gasteiger partial charge in [-0.1, -0.05) is 53.0 Å². The fourth-order valence-electron chi connectivity index (χ4n) is 1.40. The second kappa shape index (κ2) is 4.26. The molecule has 2 heteroatoms. The summed E-state index contributed by atoms with van der Waals surface area (Å²) in [6.07, 6.45) is 0. The maximum atomic E-state index is 6.06. The van der Waals surface area contributed by atoms with E-state index in [4.69, 9.17) is 23.2 Å². The fraction of sp³-hybridized carbons (Fsp3) is 0.0769. The van der Waals surface area contributed by atoms with Gasteiger partial charge >= 0.3 is 0 Å². The number of rotatable bonds is 1. The molecule has 15 heavy (non-hydrogen) atoms. The molecule has 0 spiro atoms. The van der Waals surface area contributed by atoms with E-state index >= 15 is 0 Å². The molecule has 0 atom stereocenters. The highest BCUT2D eigenvalue weighted by Crippen LogP contribution is 2.30. The van der Waals surface area contributed by atoms with Crippen LogP contribution in [0.1, 0.15) is 5.56 Å². The third-order valence-corrected chi connectivity index (χ3v) is 2.75. The van der Waals surface area contributed by atoms with E-state index in [9.17, 15) is 0 Å². The number of benzene rings is 2. The molecule has 75 valence electrons. The van der Waals surface area contributed by atoms with E-state index < -0.39 is 0 Å². The van der Waals surface area contributed by atoms with Crippen molar-refractivity contribution in [1.82, 2.24) is 0 Å². The Balaban J connectivity index is 2.53. The van der Waals surface area contributed by atoms with E-state index in [2.05, 4.69) is 13.0 Å². The molecule has 0 aliphatic heterocycles. The Morgan fingerprint density at radius 2 is 1.73 bits per heavy atom. The van der Waals surface area contributed by atoms with Gasteiger partial charge in [-0.3, -0.25) is 0 Å². The van der Waals surface area contributed by atoms with E-state index in [0.29, 0.717) is 10.0 Å². The molecule has 0 unspecified atom stereocenters. The van der Waals surface area contributed by atoms with Gasteiger partial charge in [-0.2, -0.15) is 0 Å². The molecule has 0 N–H and O–H groups in total. The molecule has 0 aliphatic carbocycles. The highest BCUT2D eigenvalue weighted by atomic mass is 35.5. The maximum Gasteiger partial charge on any atom is 0.0564 e. The predicted molar refractivity (Wildman–Crippen MR) is 65.5 cm³/mol. The van der Waals surface area contributed by atoms with Crippen LogP contribution in [-0.4, -0.2) is 0 Å². The predicted octanol–water partition coefficient (Wildman–Crippen LogP) is 4.77. The minimum absolute atomic E-state index is 0.600. The van der Waals surface area contributed by atoms with E-state index in [1.807, 2.05) is 30.3 Å². The van der Waals surface area contributed by atoms with E-state index in [-0.39, 0.29) is 0 Å². The number of aryl methyl sites for hydroxylation is 1. The molecule has 0 heterocycles. The molecule has 0 fully saturated rings. The van der Waals surface area contributed by atoms with Gasteiger partial charge in [0.25, 0.3) is 0 Å². The highest BCUT2D eigenvalue weighted by molar-refractivity contribution is 6.35. The molecule has 0 aromatic heterocycles. The zero-order chi connectivity index (χ0) is 10.8. The SMILES string of the molecule is Cc1ccc(-c2cc(Cl)c[c]c2Cl)cc1. The highest BCUT2D eigenvalue weighted by Gasteiger charge is 2.03. The first-order chi connectivity index (χ1) is 7.16. The second-order valence-corrected chi connectivity index (χ2v) is 4.23. The molecule has 1 radical (unpaired) electrons. The smallest absolute Gasteiger partial charge is 0.0564 e. The molecular weight excluding hydrogens is 227 g/mol. The van der Waals surface area contributed by atoms with Crippen molar-refractivity contribution in [2.75, 3.05) is 0 Å². The van der Waals surface area contributed by atoms with Gasteiger partial charge in [-0.25, -0.2) is 0 Å². The largest absolute Gasteiger partial charge is 0.0843 e. The summed E-state index contributed by atoms with van der Waals surface area (Å²) in [7, 11) is 0. The summed E-state index contributed by atoms with van der Waals surface area (Å²) in [5.74, 6) is 0. The summed E-state index contributed by atoms with van der Waals surface area (Å²) >= 11 is 12.0. The third kappa shape index (κ3) is 2.34. The Hall–Kier alpha value is -0.980. The third-order valence-electron chi connectivity index (χ3n) is 2.22. The lowest BCUT2D eigenvalue weighted by Gasteiger charge is -2.05. The van der Waals surface area contributed by atoms with Gasteiger partial charge < -0.3 is 0 Å². The van der Waals surface area contributed by atoms with Crippen molar-refractivity contribution < 1.29 is 0 Å². The Kier molecular flexibility index (Phi) is 2.99. The average molecular weight is 236 g/mol. The van der Waals surface area contributed by atoms with E-state index in [1.54, 1.807) is 6.07 Å². The van der Waals surface area contributed by atoms with Crippen molar-refractivity contribution in [1.29, 1.82) is 0 Å². The van der Waals surface area contributed by atoms with Gasteiger partial charge in [0.2, 0.25) is 0 Å². The first kappa shape index (κ1) is 10.5. The van der Waals surface area contributed by atoms with Crippen molar-refractivity contribution in [3.05, 3.63) is 58.1 Å². The van der Waals surface area contributed by atoms with Gasteiger partial charge in [0.05, 0.1) is 5.02 Å². The zero-order valence-corrected chi connectivity index (χ0v) is 9.73. The summed E-state index contributed by atoms with van der Waals surface area (Å²) in [6, 6.07) is 14.6. The number of hydrogen-bond acceptors (Lipinski definition) is 0. The quantitative estimate of drug-likeness (QED) is 0.669. The molecule has 0 bridgehead atoms. The Bertz CT molecular complexity index is 472. The summed E-state index contributed by atoms with van der Waals surface area (Å²) in [5.41, 5.74) is 3.20. The lowest BCUT2D eigenvalue weighted by molar-refractivity contribution is 1.47. The molecule has 0 amide bonds. The summed E-state index contributed by atoms with van der Waals surface area (Å²) in [5, 5.41) is 1.25. The number of hydrogen-bond donors (Lipinski definition) is 0. The van der Waals surface area contributed by atoms with Crippen molar-refractivity contribution in [2.24, 2.45) is 0 Å². The molecular formula is C13H9Cl2. The van der Waals surface area contributed by atoms with E-state index in [0.717, 1.165) is 11.1 Å². The topological polar surface area (TPSA) is 0 Å². The lowest BCUT2D eigenvalue weighted by Crippen LogP contribution is -1.80. The van der Waals surface area contributed by atoms with Crippen molar-refractivity contribution in [3.63, 3.8) is 0 Å². The zero-order valence-electron chi connectivity index (χ0n) is 8.22. The van der Waals surface area contributed by atoms with Crippen molar-refractivity contribution >= 4 is 23.2 Å². The second-order valence-electron chi connectivity index (χ2n) is 3.41. The van der Waals surface area contributed by atoms with Gasteiger partial charge in [0.1, 0.15) is 0 Å². The molecule has 2 rings (SSSR count).